The molecule has 112 valence electrons. The minimum Gasteiger partial charge on any atom is -0.462 e. The van der Waals surface area contributed by atoms with Gasteiger partial charge in [-0.1, -0.05) is 20.8 Å². The Morgan fingerprint density at radius 2 is 2.05 bits per heavy atom. The topological polar surface area (TPSA) is 38.8 Å². The van der Waals surface area contributed by atoms with E-state index in [9.17, 15) is 4.79 Å². The number of ether oxygens (including phenoxy) is 2. The average Bonchev–Trinajstić information content (AvgIpc) is 2.76. The molecule has 4 rings (SSSR count). The smallest absolute Gasteiger partial charge is 0.309 e. The number of epoxide rings is 1. The van der Waals surface area contributed by atoms with Crippen LogP contribution < -0.4 is 0 Å². The van der Waals surface area contributed by atoms with E-state index in [-0.39, 0.29) is 18.0 Å². The van der Waals surface area contributed by atoms with Crippen LogP contribution in [-0.4, -0.2) is 24.3 Å². The van der Waals surface area contributed by atoms with Crippen LogP contribution in [0.5, 0.6) is 0 Å². The first kappa shape index (κ1) is 13.1. The third-order valence-electron chi connectivity index (χ3n) is 6.50. The number of carbonyl (C=O) groups excluding carboxylic acids is 1. The minimum absolute atomic E-state index is 0.0443. The highest BCUT2D eigenvalue weighted by Crippen LogP contribution is 2.64. The summed E-state index contributed by atoms with van der Waals surface area (Å²) in [5.74, 6) is 3.47. The maximum Gasteiger partial charge on any atom is 0.309 e. The molecule has 3 saturated carbocycles. The summed E-state index contributed by atoms with van der Waals surface area (Å²) in [4.78, 5) is 12.4. The van der Waals surface area contributed by atoms with Crippen LogP contribution in [0.1, 0.15) is 46.5 Å². The van der Waals surface area contributed by atoms with Gasteiger partial charge < -0.3 is 9.47 Å². The van der Waals surface area contributed by atoms with Gasteiger partial charge in [0, 0.05) is 5.92 Å². The predicted octanol–water partition coefficient (Wildman–Crippen LogP) is 3.02. The maximum atomic E-state index is 12.4. The molecule has 8 unspecified atom stereocenters. The van der Waals surface area contributed by atoms with Crippen molar-refractivity contribution >= 4 is 5.97 Å². The fourth-order valence-electron chi connectivity index (χ4n) is 5.53. The molecule has 1 saturated heterocycles. The molecule has 3 nitrogen and oxygen atoms in total. The van der Waals surface area contributed by atoms with Crippen LogP contribution in [0, 0.1) is 35.5 Å². The van der Waals surface area contributed by atoms with Gasteiger partial charge in [-0.2, -0.15) is 0 Å². The average molecular weight is 278 g/mol. The standard InChI is InChI=1S/C17H26O3/c1-4-10(8(2)3)17(18)20-13-6-9-5-12(13)15-11(9)7-14-16(15)19-14/h8-16H,4-7H2,1-3H3. The molecule has 20 heavy (non-hydrogen) atoms. The molecular formula is C17H26O3. The fourth-order valence-corrected chi connectivity index (χ4v) is 5.53. The van der Waals surface area contributed by atoms with Gasteiger partial charge in [0.15, 0.2) is 0 Å². The first-order chi connectivity index (χ1) is 9.60. The van der Waals surface area contributed by atoms with E-state index in [1.165, 1.54) is 12.8 Å². The lowest BCUT2D eigenvalue weighted by molar-refractivity contribution is -0.160. The lowest BCUT2D eigenvalue weighted by Gasteiger charge is -2.33. The first-order valence-electron chi connectivity index (χ1n) is 8.46. The van der Waals surface area contributed by atoms with Gasteiger partial charge in [-0.15, -0.1) is 0 Å². The van der Waals surface area contributed by atoms with Gasteiger partial charge in [0.05, 0.1) is 18.1 Å². The Morgan fingerprint density at radius 3 is 2.75 bits per heavy atom. The zero-order chi connectivity index (χ0) is 14.0. The Bertz CT molecular complexity index is 418. The highest BCUT2D eigenvalue weighted by molar-refractivity contribution is 5.73. The van der Waals surface area contributed by atoms with Crippen molar-refractivity contribution in [2.45, 2.75) is 64.8 Å². The molecule has 4 fully saturated rings. The minimum atomic E-state index is 0.0443. The molecule has 0 spiro atoms. The van der Waals surface area contributed by atoms with Gasteiger partial charge in [-0.25, -0.2) is 0 Å². The van der Waals surface area contributed by atoms with Gasteiger partial charge in [-0.3, -0.25) is 4.79 Å². The summed E-state index contributed by atoms with van der Waals surface area (Å²) in [6.45, 7) is 6.32. The Kier molecular flexibility index (Phi) is 2.93. The van der Waals surface area contributed by atoms with Crippen molar-refractivity contribution in [3.63, 3.8) is 0 Å². The summed E-state index contributed by atoms with van der Waals surface area (Å²) in [6, 6.07) is 0. The largest absolute Gasteiger partial charge is 0.462 e. The fraction of sp³-hybridized carbons (Fsp3) is 0.941. The Labute approximate surface area is 121 Å². The molecule has 0 aromatic heterocycles. The van der Waals surface area contributed by atoms with Crippen LogP contribution in [0.4, 0.5) is 0 Å². The van der Waals surface area contributed by atoms with Crippen molar-refractivity contribution in [3.8, 4) is 0 Å². The molecule has 4 aliphatic rings. The summed E-state index contributed by atoms with van der Waals surface area (Å²) in [5, 5.41) is 0. The van der Waals surface area contributed by atoms with E-state index in [0.717, 1.165) is 24.7 Å². The highest BCUT2D eigenvalue weighted by Gasteiger charge is 2.67. The molecule has 3 aliphatic carbocycles. The van der Waals surface area contributed by atoms with E-state index in [1.807, 2.05) is 0 Å². The second kappa shape index (κ2) is 4.46. The van der Waals surface area contributed by atoms with Crippen LogP contribution >= 0.6 is 0 Å². The third-order valence-corrected chi connectivity index (χ3v) is 6.50. The zero-order valence-electron chi connectivity index (χ0n) is 12.7. The van der Waals surface area contributed by atoms with E-state index in [4.69, 9.17) is 9.47 Å². The molecule has 3 heteroatoms. The van der Waals surface area contributed by atoms with Crippen molar-refractivity contribution < 1.29 is 14.3 Å². The Balaban J connectivity index is 1.42. The molecule has 8 atom stereocenters. The maximum absolute atomic E-state index is 12.4. The summed E-state index contributed by atoms with van der Waals surface area (Å²) in [7, 11) is 0. The number of hydrogen-bond acceptors (Lipinski definition) is 3. The number of rotatable bonds is 4. The molecule has 2 bridgehead atoms. The Morgan fingerprint density at radius 1 is 1.25 bits per heavy atom. The van der Waals surface area contributed by atoms with E-state index in [1.54, 1.807) is 0 Å². The van der Waals surface area contributed by atoms with Crippen LogP contribution in [0.2, 0.25) is 0 Å². The number of fused-ring (bicyclic) bond motifs is 7. The van der Waals surface area contributed by atoms with Gasteiger partial charge in [0.2, 0.25) is 0 Å². The number of esters is 1. The van der Waals surface area contributed by atoms with E-state index < -0.39 is 0 Å². The number of hydrogen-bond donors (Lipinski definition) is 0. The monoisotopic (exact) mass is 278 g/mol. The lowest BCUT2D eigenvalue weighted by atomic mass is 9.79. The summed E-state index contributed by atoms with van der Waals surface area (Å²) in [6.07, 6.45) is 5.82. The van der Waals surface area contributed by atoms with Crippen molar-refractivity contribution in [1.82, 2.24) is 0 Å². The molecule has 0 aromatic rings. The van der Waals surface area contributed by atoms with Crippen LogP contribution in [0.25, 0.3) is 0 Å². The second-order valence-electron chi connectivity index (χ2n) is 7.75. The summed E-state index contributed by atoms with van der Waals surface area (Å²) in [5.41, 5.74) is 0. The van der Waals surface area contributed by atoms with Crippen molar-refractivity contribution in [1.29, 1.82) is 0 Å². The first-order valence-corrected chi connectivity index (χ1v) is 8.46. The predicted molar refractivity (Wildman–Crippen MR) is 75.0 cm³/mol. The van der Waals surface area contributed by atoms with Gasteiger partial charge in [0.1, 0.15) is 6.10 Å². The molecule has 0 aromatic carbocycles. The molecule has 1 heterocycles. The van der Waals surface area contributed by atoms with Crippen LogP contribution in [0.3, 0.4) is 0 Å². The van der Waals surface area contributed by atoms with E-state index in [2.05, 4.69) is 20.8 Å². The van der Waals surface area contributed by atoms with E-state index in [0.29, 0.717) is 30.0 Å². The van der Waals surface area contributed by atoms with Crippen molar-refractivity contribution in [2.75, 3.05) is 0 Å². The molecule has 0 radical (unpaired) electrons. The molecular weight excluding hydrogens is 252 g/mol. The SMILES string of the molecule is CCC(C(=O)OC1CC2CC1C1C2CC2OC21)C(C)C. The van der Waals surface area contributed by atoms with Gasteiger partial charge >= 0.3 is 5.97 Å². The third kappa shape index (κ3) is 1.78. The van der Waals surface area contributed by atoms with E-state index >= 15 is 0 Å². The van der Waals surface area contributed by atoms with Crippen LogP contribution in [0.15, 0.2) is 0 Å². The van der Waals surface area contributed by atoms with Gasteiger partial charge in [0.25, 0.3) is 0 Å². The molecule has 1 aliphatic heterocycles. The Hall–Kier alpha value is -0.570. The highest BCUT2D eigenvalue weighted by atomic mass is 16.6. The molecule has 0 N–H and O–H groups in total. The van der Waals surface area contributed by atoms with Crippen molar-refractivity contribution in [2.24, 2.45) is 35.5 Å². The lowest BCUT2D eigenvalue weighted by Crippen LogP contribution is -2.36. The summed E-state index contributed by atoms with van der Waals surface area (Å²) < 4.78 is 11.7. The zero-order valence-corrected chi connectivity index (χ0v) is 12.7. The quantitative estimate of drug-likeness (QED) is 0.586. The number of carbonyl (C=O) groups is 1. The van der Waals surface area contributed by atoms with Gasteiger partial charge in [-0.05, 0) is 49.4 Å². The normalized spacial score (nSPS) is 49.1. The van der Waals surface area contributed by atoms with Crippen molar-refractivity contribution in [3.05, 3.63) is 0 Å². The molecule has 0 amide bonds. The van der Waals surface area contributed by atoms with Crippen LogP contribution in [-0.2, 0) is 14.3 Å². The summed E-state index contributed by atoms with van der Waals surface area (Å²) >= 11 is 0. The second-order valence-corrected chi connectivity index (χ2v) is 7.75.